The van der Waals surface area contributed by atoms with Gasteiger partial charge in [0.15, 0.2) is 0 Å². The summed E-state index contributed by atoms with van der Waals surface area (Å²) in [7, 11) is 1.79. The Kier molecular flexibility index (Phi) is 6.56. The molecule has 3 saturated carbocycles. The molecule has 0 bridgehead atoms. The molecule has 0 amide bonds. The van der Waals surface area contributed by atoms with Gasteiger partial charge in [-0.1, -0.05) is 0 Å². The number of methoxy groups -OCH3 is 1. The second kappa shape index (κ2) is 9.84. The number of aliphatic hydroxyl groups excluding tert-OH is 1. The highest BCUT2D eigenvalue weighted by atomic mass is 32.1. The Morgan fingerprint density at radius 1 is 1.14 bits per heavy atom. The molecule has 0 spiro atoms. The summed E-state index contributed by atoms with van der Waals surface area (Å²) >= 11 is 1.70. The van der Waals surface area contributed by atoms with Gasteiger partial charge in [-0.25, -0.2) is 9.97 Å². The number of anilines is 2. The minimum Gasteiger partial charge on any atom is -0.396 e. The van der Waals surface area contributed by atoms with E-state index in [1.807, 2.05) is 6.20 Å². The van der Waals surface area contributed by atoms with E-state index in [0.29, 0.717) is 29.8 Å². The number of thiazole rings is 1. The van der Waals surface area contributed by atoms with Crippen LogP contribution in [0.15, 0.2) is 12.3 Å². The van der Waals surface area contributed by atoms with Gasteiger partial charge in [0.1, 0.15) is 16.3 Å². The van der Waals surface area contributed by atoms with Gasteiger partial charge in [-0.15, -0.1) is 11.3 Å². The molecule has 3 N–H and O–H groups in total. The summed E-state index contributed by atoms with van der Waals surface area (Å²) in [6, 6.07) is 2.62. The fourth-order valence-corrected chi connectivity index (χ4v) is 6.80. The van der Waals surface area contributed by atoms with Crippen LogP contribution in [0.1, 0.15) is 69.2 Å². The van der Waals surface area contributed by atoms with Crippen LogP contribution in [0.25, 0.3) is 20.8 Å². The Balaban J connectivity index is 1.33. The van der Waals surface area contributed by atoms with E-state index in [2.05, 4.69) is 35.5 Å². The third-order valence-electron chi connectivity index (χ3n) is 8.27. The predicted molar refractivity (Wildman–Crippen MR) is 144 cm³/mol. The summed E-state index contributed by atoms with van der Waals surface area (Å²) in [5, 5.41) is 17.9. The molecular weight excluding hydrogens is 472 g/mol. The second-order valence-corrected chi connectivity index (χ2v) is 11.9. The van der Waals surface area contributed by atoms with Crippen LogP contribution < -0.4 is 10.6 Å². The molecule has 8 nitrogen and oxygen atoms in total. The van der Waals surface area contributed by atoms with Crippen LogP contribution in [0.4, 0.5) is 11.8 Å². The van der Waals surface area contributed by atoms with Crippen LogP contribution in [-0.2, 0) is 4.74 Å². The highest BCUT2D eigenvalue weighted by Crippen LogP contribution is 2.44. The number of nitrogens with one attached hydrogen (secondary N) is 2. The highest BCUT2D eigenvalue weighted by Gasteiger charge is 2.34. The molecule has 3 aliphatic rings. The third kappa shape index (κ3) is 4.68. The monoisotopic (exact) mass is 508 g/mol. The van der Waals surface area contributed by atoms with Crippen LogP contribution in [0, 0.1) is 18.8 Å². The highest BCUT2D eigenvalue weighted by molar-refractivity contribution is 7.21. The summed E-state index contributed by atoms with van der Waals surface area (Å²) in [4.78, 5) is 19.7. The lowest BCUT2D eigenvalue weighted by Gasteiger charge is -2.38. The Labute approximate surface area is 216 Å². The molecule has 3 aromatic rings. The van der Waals surface area contributed by atoms with Crippen molar-refractivity contribution in [2.75, 3.05) is 24.4 Å². The van der Waals surface area contributed by atoms with E-state index in [-0.39, 0.29) is 18.7 Å². The number of aryl methyl sites for hydroxylation is 1. The first-order valence-electron chi connectivity index (χ1n) is 13.3. The summed E-state index contributed by atoms with van der Waals surface area (Å²) in [6.45, 7) is 4.51. The summed E-state index contributed by atoms with van der Waals surface area (Å²) in [5.41, 5.74) is 4.06. The molecule has 3 aromatic heterocycles. The number of pyridine rings is 1. The van der Waals surface area contributed by atoms with Crippen LogP contribution in [-0.4, -0.2) is 56.9 Å². The lowest BCUT2D eigenvalue weighted by Crippen LogP contribution is -2.40. The first-order chi connectivity index (χ1) is 17.5. The minimum atomic E-state index is 0.247. The van der Waals surface area contributed by atoms with Crippen molar-refractivity contribution < 1.29 is 9.84 Å². The minimum absolute atomic E-state index is 0.247. The van der Waals surface area contributed by atoms with E-state index >= 15 is 0 Å². The Morgan fingerprint density at radius 3 is 2.69 bits per heavy atom. The van der Waals surface area contributed by atoms with Gasteiger partial charge in [0, 0.05) is 37.9 Å². The molecule has 0 aliphatic heterocycles. The Bertz CT molecular complexity index is 1240. The first kappa shape index (κ1) is 24.0. The van der Waals surface area contributed by atoms with Gasteiger partial charge >= 0.3 is 0 Å². The largest absolute Gasteiger partial charge is 0.396 e. The normalized spacial score (nSPS) is 26.7. The number of rotatable bonds is 9. The molecule has 6 rings (SSSR count). The molecule has 0 radical (unpaired) electrons. The van der Waals surface area contributed by atoms with Crippen molar-refractivity contribution in [1.82, 2.24) is 19.9 Å². The molecule has 0 aromatic carbocycles. The second-order valence-electron chi connectivity index (χ2n) is 10.9. The number of ether oxygens (including phenoxy) is 1. The summed E-state index contributed by atoms with van der Waals surface area (Å²) in [5.74, 6) is 2.96. The zero-order valence-electron chi connectivity index (χ0n) is 21.3. The van der Waals surface area contributed by atoms with Crippen molar-refractivity contribution in [1.29, 1.82) is 0 Å². The maximum Gasteiger partial charge on any atom is 0.225 e. The van der Waals surface area contributed by atoms with Gasteiger partial charge < -0.3 is 20.5 Å². The average molecular weight is 509 g/mol. The zero-order valence-corrected chi connectivity index (χ0v) is 22.1. The molecule has 3 atom stereocenters. The summed E-state index contributed by atoms with van der Waals surface area (Å²) < 4.78 is 6.64. The molecule has 192 valence electrons. The van der Waals surface area contributed by atoms with Gasteiger partial charge in [-0.2, -0.15) is 4.98 Å². The summed E-state index contributed by atoms with van der Waals surface area (Å²) in [6.07, 6.45) is 9.85. The lowest BCUT2D eigenvalue weighted by molar-refractivity contribution is -0.00343. The average Bonchev–Trinajstić information content (AvgIpc) is 3.42. The van der Waals surface area contributed by atoms with Crippen molar-refractivity contribution in [3.63, 3.8) is 0 Å². The molecular formula is C27H36N6O2S. The van der Waals surface area contributed by atoms with E-state index in [9.17, 15) is 5.11 Å². The molecule has 3 heterocycles. The van der Waals surface area contributed by atoms with Crippen molar-refractivity contribution in [2.24, 2.45) is 11.8 Å². The molecule has 9 heteroatoms. The van der Waals surface area contributed by atoms with E-state index < -0.39 is 0 Å². The fourth-order valence-electron chi connectivity index (χ4n) is 5.73. The smallest absolute Gasteiger partial charge is 0.225 e. The van der Waals surface area contributed by atoms with Crippen LogP contribution in [0.2, 0.25) is 0 Å². The lowest BCUT2D eigenvalue weighted by atomic mass is 9.78. The molecule has 0 saturated heterocycles. The first-order valence-corrected chi connectivity index (χ1v) is 14.1. The van der Waals surface area contributed by atoms with Gasteiger partial charge in [0.05, 0.1) is 27.8 Å². The Hall–Kier alpha value is -2.36. The van der Waals surface area contributed by atoms with Crippen molar-refractivity contribution in [3.8, 4) is 10.6 Å². The van der Waals surface area contributed by atoms with Crippen LogP contribution >= 0.6 is 11.3 Å². The van der Waals surface area contributed by atoms with Gasteiger partial charge in [0.2, 0.25) is 5.95 Å². The predicted octanol–water partition coefficient (Wildman–Crippen LogP) is 5.13. The maximum absolute atomic E-state index is 9.66. The maximum atomic E-state index is 9.66. The van der Waals surface area contributed by atoms with Crippen molar-refractivity contribution in [2.45, 2.75) is 82.9 Å². The molecule has 3 aliphatic carbocycles. The Morgan fingerprint density at radius 2 is 1.97 bits per heavy atom. The third-order valence-corrected chi connectivity index (χ3v) is 9.31. The standard InChI is InChI=1S/C27H36N6O2S/c1-14(18-11-20(12-18)35-3)29-27-30-15(2)22(25(33-27)31-19-7-4-16(10-19)13-34)26-32-24-21(36-26)8-9-28-23(24)17-5-6-17/h8-9,14,16-20,34H,4-7,10-13H2,1-3H3,(H2,29,30,31,33)/t14-,16-,18-,19+,20+/m1/s1. The van der Waals surface area contributed by atoms with Gasteiger partial charge in [-0.3, -0.25) is 4.98 Å². The van der Waals surface area contributed by atoms with Crippen molar-refractivity contribution in [3.05, 3.63) is 23.7 Å². The zero-order chi connectivity index (χ0) is 24.8. The molecule has 3 fully saturated rings. The van der Waals surface area contributed by atoms with Gasteiger partial charge in [0.25, 0.3) is 0 Å². The topological polar surface area (TPSA) is 105 Å². The number of nitrogens with zero attached hydrogens (tertiary/aromatic N) is 4. The number of hydrogen-bond donors (Lipinski definition) is 3. The number of aromatic nitrogens is 4. The number of hydrogen-bond acceptors (Lipinski definition) is 9. The fraction of sp³-hybridized carbons (Fsp3) is 0.630. The van der Waals surface area contributed by atoms with Crippen LogP contribution in [0.5, 0.6) is 0 Å². The van der Waals surface area contributed by atoms with Crippen molar-refractivity contribution >= 4 is 33.3 Å². The van der Waals surface area contributed by atoms with E-state index in [0.717, 1.165) is 65.4 Å². The van der Waals surface area contributed by atoms with E-state index in [1.54, 1.807) is 18.4 Å². The number of fused-ring (bicyclic) bond motifs is 1. The number of aliphatic hydroxyl groups is 1. The SMILES string of the molecule is CO[C@H]1C[C@@H]([C@@H](C)Nc2nc(C)c(-c3nc4c(C5CC5)nccc4s3)c(N[C@H]3CC[C@@H](CO)C3)n2)C1. The quantitative estimate of drug-likeness (QED) is 0.365. The molecule has 36 heavy (non-hydrogen) atoms. The molecule has 0 unspecified atom stereocenters. The van der Waals surface area contributed by atoms with E-state index in [4.69, 9.17) is 19.7 Å². The van der Waals surface area contributed by atoms with E-state index in [1.165, 1.54) is 17.5 Å². The van der Waals surface area contributed by atoms with Gasteiger partial charge in [-0.05, 0) is 76.7 Å². The van der Waals surface area contributed by atoms with Crippen LogP contribution in [0.3, 0.4) is 0 Å².